The van der Waals surface area contributed by atoms with Crippen LogP contribution >= 0.6 is 34.9 Å². The minimum atomic E-state index is -1.35. The van der Waals surface area contributed by atoms with Crippen molar-refractivity contribution in [2.75, 3.05) is 42.6 Å². The van der Waals surface area contributed by atoms with E-state index < -0.39 is 18.0 Å². The van der Waals surface area contributed by atoms with E-state index >= 15 is 0 Å². The fraction of sp³-hybridized carbons (Fsp3) is 0.619. The first-order valence-electron chi connectivity index (χ1n) is 11.0. The molecule has 2 amide bonds. The van der Waals surface area contributed by atoms with Crippen molar-refractivity contribution in [3.63, 3.8) is 0 Å². The van der Waals surface area contributed by atoms with E-state index in [2.05, 4.69) is 9.88 Å². The summed E-state index contributed by atoms with van der Waals surface area (Å²) in [4.78, 5) is 47.4. The number of carbonyl (C=O) groups excluding carboxylic acids is 3. The smallest absolute Gasteiger partial charge is 0.273 e. The van der Waals surface area contributed by atoms with Crippen LogP contribution in [0.5, 0.6) is 0 Å². The van der Waals surface area contributed by atoms with E-state index in [0.29, 0.717) is 23.7 Å². The number of thiazole rings is 1. The first-order valence-corrected chi connectivity index (χ1v) is 13.9. The minimum Gasteiger partial charge on any atom is -0.543 e. The van der Waals surface area contributed by atoms with Gasteiger partial charge in [0.1, 0.15) is 5.69 Å². The molecule has 5 rings (SSSR count). The molecule has 178 valence electrons. The van der Waals surface area contributed by atoms with Gasteiger partial charge < -0.3 is 29.7 Å². The number of rotatable bonds is 6. The number of thioether (sulfide) groups is 2. The zero-order valence-corrected chi connectivity index (χ0v) is 20.8. The summed E-state index contributed by atoms with van der Waals surface area (Å²) >= 11 is 4.78. The monoisotopic (exact) mass is 509 g/mol. The maximum atomic E-state index is 12.7. The second kappa shape index (κ2) is 8.79. The zero-order valence-electron chi connectivity index (χ0n) is 18.3. The Morgan fingerprint density at radius 1 is 1.30 bits per heavy atom. The van der Waals surface area contributed by atoms with Crippen LogP contribution in [0.3, 0.4) is 0 Å². The molecule has 0 unspecified atom stereocenters. The number of hydrogen-bond donors (Lipinski definition) is 1. The number of hydrogen-bond acceptors (Lipinski definition) is 10. The average molecular weight is 510 g/mol. The molecular weight excluding hydrogens is 484 g/mol. The van der Waals surface area contributed by atoms with Crippen molar-refractivity contribution in [3.05, 3.63) is 21.7 Å². The Labute approximate surface area is 204 Å². The van der Waals surface area contributed by atoms with Gasteiger partial charge in [0.15, 0.2) is 5.13 Å². The third kappa shape index (κ3) is 3.84. The van der Waals surface area contributed by atoms with Crippen molar-refractivity contribution < 1.29 is 24.6 Å². The molecule has 5 heterocycles. The summed E-state index contributed by atoms with van der Waals surface area (Å²) in [5.74, 6) is -0.542. The van der Waals surface area contributed by atoms with E-state index in [0.717, 1.165) is 29.7 Å². The maximum absolute atomic E-state index is 12.7. The molecule has 9 nitrogen and oxygen atoms in total. The number of fused-ring (bicyclic) bond motifs is 1. The molecule has 33 heavy (non-hydrogen) atoms. The minimum absolute atomic E-state index is 0.0188. The fourth-order valence-electron chi connectivity index (χ4n) is 4.95. The molecule has 4 atom stereocenters. The molecule has 0 bridgehead atoms. The predicted molar refractivity (Wildman–Crippen MR) is 126 cm³/mol. The van der Waals surface area contributed by atoms with Crippen molar-refractivity contribution in [1.82, 2.24) is 14.8 Å². The van der Waals surface area contributed by atoms with Gasteiger partial charge in [0.05, 0.1) is 29.7 Å². The van der Waals surface area contributed by atoms with E-state index in [1.54, 1.807) is 6.92 Å². The number of aliphatic hydroxyl groups excluding tert-OH is 1. The molecule has 3 fully saturated rings. The van der Waals surface area contributed by atoms with E-state index in [4.69, 9.17) is 0 Å². The number of carbonyl (C=O) groups is 3. The third-order valence-corrected chi connectivity index (χ3v) is 10.0. The Morgan fingerprint density at radius 2 is 2.00 bits per heavy atom. The molecule has 1 aromatic rings. The van der Waals surface area contributed by atoms with Crippen LogP contribution in [0.4, 0.5) is 5.13 Å². The average Bonchev–Trinajstić information content (AvgIpc) is 3.32. The van der Waals surface area contributed by atoms with Gasteiger partial charge in [-0.05, 0) is 6.92 Å². The van der Waals surface area contributed by atoms with Crippen molar-refractivity contribution >= 4 is 57.8 Å². The third-order valence-electron chi connectivity index (χ3n) is 6.72. The molecule has 1 aromatic heterocycles. The second-order valence-corrected chi connectivity index (χ2v) is 12.2. The van der Waals surface area contributed by atoms with Crippen molar-refractivity contribution in [2.24, 2.45) is 11.8 Å². The molecule has 1 N–H and O–H groups in total. The summed E-state index contributed by atoms with van der Waals surface area (Å²) in [7, 11) is 0. The summed E-state index contributed by atoms with van der Waals surface area (Å²) in [5.41, 5.74) is 0.441. The van der Waals surface area contributed by atoms with Gasteiger partial charge in [-0.2, -0.15) is 11.8 Å². The molecule has 12 heteroatoms. The van der Waals surface area contributed by atoms with Gasteiger partial charge in [-0.3, -0.25) is 9.59 Å². The number of carboxylic acids is 1. The van der Waals surface area contributed by atoms with Crippen LogP contribution < -0.4 is 10.0 Å². The molecule has 4 aliphatic heterocycles. The van der Waals surface area contributed by atoms with Gasteiger partial charge in [0.2, 0.25) is 5.91 Å². The van der Waals surface area contributed by atoms with E-state index in [9.17, 15) is 24.6 Å². The Bertz CT molecular complexity index is 1020. The molecule has 0 saturated carbocycles. The lowest BCUT2D eigenvalue weighted by molar-refractivity contribution is -0.301. The number of amides is 2. The van der Waals surface area contributed by atoms with Crippen LogP contribution in [0.15, 0.2) is 16.0 Å². The molecule has 3 saturated heterocycles. The number of carboxylic acid groups (broad SMARTS) is 1. The number of aliphatic carboxylic acids is 1. The number of β-lactam (4-membered cyclic amide) rings is 1. The number of anilines is 1. The highest BCUT2D eigenvalue weighted by molar-refractivity contribution is 8.03. The van der Waals surface area contributed by atoms with Gasteiger partial charge >= 0.3 is 0 Å². The van der Waals surface area contributed by atoms with Crippen LogP contribution in [0.2, 0.25) is 0 Å². The Morgan fingerprint density at radius 3 is 2.64 bits per heavy atom. The van der Waals surface area contributed by atoms with Crippen molar-refractivity contribution in [2.45, 2.75) is 31.2 Å². The highest BCUT2D eigenvalue weighted by Gasteiger charge is 2.59. The summed E-state index contributed by atoms with van der Waals surface area (Å²) in [6, 6.07) is -0.329. The van der Waals surface area contributed by atoms with Gasteiger partial charge in [0.25, 0.3) is 5.91 Å². The molecule has 0 spiro atoms. The molecule has 4 aliphatic rings. The normalized spacial score (nSPS) is 28.5. The van der Waals surface area contributed by atoms with E-state index in [-0.39, 0.29) is 34.7 Å². The highest BCUT2D eigenvalue weighted by atomic mass is 32.2. The Balaban J connectivity index is 1.23. The van der Waals surface area contributed by atoms with Crippen LogP contribution in [0, 0.1) is 11.8 Å². The van der Waals surface area contributed by atoms with Crippen molar-refractivity contribution in [1.29, 1.82) is 0 Å². The number of aromatic nitrogens is 1. The maximum Gasteiger partial charge on any atom is 0.273 e. The van der Waals surface area contributed by atoms with Crippen LogP contribution in [-0.2, 0) is 9.59 Å². The number of nitrogens with zero attached hydrogens (tertiary/aromatic N) is 4. The summed E-state index contributed by atoms with van der Waals surface area (Å²) < 4.78 is 0. The second-order valence-electron chi connectivity index (χ2n) is 8.82. The topological polar surface area (TPSA) is 117 Å². The SMILES string of the molecule is C[C@@H](O)[C@H]1C(=O)N2C(C(=O)[O-])=C(SC3CN(c4nc(C(=O)N5CCSCC5)cs4)C3)[C@H](C)[C@H]12. The van der Waals surface area contributed by atoms with Gasteiger partial charge in [-0.15, -0.1) is 23.1 Å². The predicted octanol–water partition coefficient (Wildman–Crippen LogP) is 0.0729. The summed E-state index contributed by atoms with van der Waals surface area (Å²) in [6.07, 6.45) is -0.821. The van der Waals surface area contributed by atoms with Crippen LogP contribution in [0.25, 0.3) is 0 Å². The largest absolute Gasteiger partial charge is 0.543 e. The zero-order chi connectivity index (χ0) is 23.4. The van der Waals surface area contributed by atoms with Gasteiger partial charge in [-0.25, -0.2) is 4.98 Å². The Hall–Kier alpha value is -1.76. The lowest BCUT2D eigenvalue weighted by Gasteiger charge is -2.47. The van der Waals surface area contributed by atoms with Crippen LogP contribution in [-0.4, -0.2) is 92.8 Å². The Kier molecular flexibility index (Phi) is 6.13. The van der Waals surface area contributed by atoms with Gasteiger partial charge in [-0.1, -0.05) is 6.92 Å². The summed E-state index contributed by atoms with van der Waals surface area (Å²) in [5, 5.41) is 24.6. The quantitative estimate of drug-likeness (QED) is 0.532. The standard InChI is InChI=1S/C21H26N4O5S3/c1-10-15-14(11(2)26)19(28)25(15)16(20(29)30)17(10)33-12-7-24(8-12)21-22-13(9-32-21)18(27)23-3-5-31-6-4-23/h9-12,14-15,26H,3-8H2,1-2H3,(H,29,30)/p-1/t10-,11-,14-,15-/m1/s1. The lowest BCUT2D eigenvalue weighted by atomic mass is 9.79. The lowest BCUT2D eigenvalue weighted by Crippen LogP contribution is -2.64. The fourth-order valence-corrected chi connectivity index (χ4v) is 8.19. The van der Waals surface area contributed by atoms with Gasteiger partial charge in [0, 0.05) is 59.1 Å². The molecule has 0 aliphatic carbocycles. The van der Waals surface area contributed by atoms with E-state index in [1.165, 1.54) is 28.0 Å². The van der Waals surface area contributed by atoms with E-state index in [1.807, 2.05) is 29.0 Å². The first kappa shape index (κ1) is 23.0. The number of aliphatic hydroxyl groups is 1. The molecule has 0 aromatic carbocycles. The van der Waals surface area contributed by atoms with Crippen molar-refractivity contribution in [3.8, 4) is 0 Å². The summed E-state index contributed by atoms with van der Waals surface area (Å²) in [6.45, 7) is 6.35. The highest BCUT2D eigenvalue weighted by Crippen LogP contribution is 2.52. The molecule has 0 radical (unpaired) electrons. The molecular formula is C21H25N4O5S3-. The first-order chi connectivity index (χ1) is 15.8. The van der Waals surface area contributed by atoms with Crippen LogP contribution in [0.1, 0.15) is 24.3 Å².